The lowest BCUT2D eigenvalue weighted by Gasteiger charge is -2.25. The van der Waals surface area contributed by atoms with E-state index in [1.54, 1.807) is 0 Å². The number of hydrogen-bond acceptors (Lipinski definition) is 3. The van der Waals surface area contributed by atoms with Gasteiger partial charge < -0.3 is 10.0 Å². The summed E-state index contributed by atoms with van der Waals surface area (Å²) in [7, 11) is 1.87. The van der Waals surface area contributed by atoms with Gasteiger partial charge in [-0.05, 0) is 45.1 Å². The Kier molecular flexibility index (Phi) is 7.34. The molecule has 1 saturated carbocycles. The first kappa shape index (κ1) is 18.2. The van der Waals surface area contributed by atoms with Gasteiger partial charge in [0.1, 0.15) is 0 Å². The fraction of sp³-hybridized carbons (Fsp3) is 0.889. The maximum atomic E-state index is 12.4. The lowest BCUT2D eigenvalue weighted by Crippen LogP contribution is -2.37. The van der Waals surface area contributed by atoms with Crippen LogP contribution in [-0.2, 0) is 9.59 Å². The van der Waals surface area contributed by atoms with E-state index in [1.807, 2.05) is 16.8 Å². The van der Waals surface area contributed by atoms with E-state index in [2.05, 4.69) is 0 Å². The van der Waals surface area contributed by atoms with Gasteiger partial charge in [0, 0.05) is 25.6 Å². The first-order chi connectivity index (χ1) is 11.1. The molecule has 2 aliphatic rings. The third-order valence-corrected chi connectivity index (χ3v) is 5.54. The van der Waals surface area contributed by atoms with Gasteiger partial charge in [-0.3, -0.25) is 14.5 Å². The van der Waals surface area contributed by atoms with Gasteiger partial charge >= 0.3 is 5.97 Å². The van der Waals surface area contributed by atoms with Crippen LogP contribution in [0.1, 0.15) is 64.2 Å². The molecule has 0 radical (unpaired) electrons. The molecule has 5 heteroatoms. The molecule has 0 aromatic rings. The normalized spacial score (nSPS) is 23.2. The van der Waals surface area contributed by atoms with Crippen molar-refractivity contribution in [2.24, 2.45) is 5.92 Å². The first-order valence-corrected chi connectivity index (χ1v) is 9.26. The molecule has 1 N–H and O–H groups in total. The van der Waals surface area contributed by atoms with Crippen molar-refractivity contribution >= 4 is 11.9 Å². The predicted octanol–water partition coefficient (Wildman–Crippen LogP) is 2.74. The van der Waals surface area contributed by atoms with Gasteiger partial charge in [0.25, 0.3) is 0 Å². The van der Waals surface area contributed by atoms with Crippen LogP contribution in [0, 0.1) is 5.92 Å². The maximum absolute atomic E-state index is 12.4. The number of nitrogens with zero attached hydrogens (tertiary/aromatic N) is 2. The summed E-state index contributed by atoms with van der Waals surface area (Å²) >= 11 is 0. The highest BCUT2D eigenvalue weighted by molar-refractivity contribution is 5.76. The molecule has 1 atom stereocenters. The molecular weight excluding hydrogens is 292 g/mol. The van der Waals surface area contributed by atoms with E-state index in [0.717, 1.165) is 44.7 Å². The smallest absolute Gasteiger partial charge is 0.317 e. The summed E-state index contributed by atoms with van der Waals surface area (Å²) in [6.45, 7) is 1.69. The van der Waals surface area contributed by atoms with Gasteiger partial charge in [0.2, 0.25) is 5.91 Å². The van der Waals surface area contributed by atoms with E-state index in [0.29, 0.717) is 12.3 Å². The van der Waals surface area contributed by atoms with Gasteiger partial charge in [0.05, 0.1) is 6.54 Å². The summed E-state index contributed by atoms with van der Waals surface area (Å²) in [6.07, 6.45) is 11.2. The Morgan fingerprint density at radius 2 is 1.83 bits per heavy atom. The summed E-state index contributed by atoms with van der Waals surface area (Å²) in [5.41, 5.74) is 0. The summed E-state index contributed by atoms with van der Waals surface area (Å²) < 4.78 is 0. The van der Waals surface area contributed by atoms with Crippen LogP contribution in [0.2, 0.25) is 0 Å². The molecular formula is C18H32N2O3. The number of amides is 1. The minimum Gasteiger partial charge on any atom is -0.480 e. The largest absolute Gasteiger partial charge is 0.480 e. The fourth-order valence-corrected chi connectivity index (χ4v) is 4.11. The van der Waals surface area contributed by atoms with Gasteiger partial charge in [0.15, 0.2) is 0 Å². The summed E-state index contributed by atoms with van der Waals surface area (Å²) in [5.74, 6) is 0.377. The monoisotopic (exact) mass is 324 g/mol. The molecule has 1 saturated heterocycles. The van der Waals surface area contributed by atoms with Crippen molar-refractivity contribution < 1.29 is 14.7 Å². The van der Waals surface area contributed by atoms with Crippen LogP contribution in [0.3, 0.4) is 0 Å². The van der Waals surface area contributed by atoms with Crippen molar-refractivity contribution in [3.63, 3.8) is 0 Å². The van der Waals surface area contributed by atoms with E-state index in [1.165, 1.54) is 32.1 Å². The zero-order valence-corrected chi connectivity index (χ0v) is 14.5. The van der Waals surface area contributed by atoms with E-state index in [-0.39, 0.29) is 12.6 Å². The number of likely N-dealkylation sites (tertiary alicyclic amines) is 1. The van der Waals surface area contributed by atoms with Crippen molar-refractivity contribution in [3.8, 4) is 0 Å². The van der Waals surface area contributed by atoms with Crippen LogP contribution in [0.4, 0.5) is 0 Å². The standard InChI is InChI=1S/C18H32N2O3/c1-19(14-18(22)23)16-9-5-12-20(13-11-16)17(21)10-4-8-15-6-2-3-7-15/h15-16H,2-14H2,1H3,(H,22,23). The zero-order valence-electron chi connectivity index (χ0n) is 14.5. The molecule has 1 aliphatic carbocycles. The summed E-state index contributed by atoms with van der Waals surface area (Å²) in [6, 6.07) is 0.280. The number of rotatable bonds is 7. The van der Waals surface area contributed by atoms with Crippen molar-refractivity contribution in [2.75, 3.05) is 26.7 Å². The zero-order chi connectivity index (χ0) is 16.7. The maximum Gasteiger partial charge on any atom is 0.317 e. The van der Waals surface area contributed by atoms with Gasteiger partial charge in [-0.2, -0.15) is 0 Å². The van der Waals surface area contributed by atoms with Crippen molar-refractivity contribution in [2.45, 2.75) is 70.3 Å². The molecule has 23 heavy (non-hydrogen) atoms. The number of carbonyl (C=O) groups is 2. The van der Waals surface area contributed by atoms with Crippen LogP contribution in [0.15, 0.2) is 0 Å². The summed E-state index contributed by atoms with van der Waals surface area (Å²) in [4.78, 5) is 27.1. The fourth-order valence-electron chi connectivity index (χ4n) is 4.11. The third-order valence-electron chi connectivity index (χ3n) is 5.54. The minimum atomic E-state index is -0.781. The van der Waals surface area contributed by atoms with E-state index < -0.39 is 5.97 Å². The SMILES string of the molecule is CN(CC(=O)O)C1CCCN(C(=O)CCCC2CCCC2)CC1. The molecule has 1 amide bonds. The molecule has 5 nitrogen and oxygen atoms in total. The van der Waals surface area contributed by atoms with Gasteiger partial charge in [-0.15, -0.1) is 0 Å². The molecule has 2 fully saturated rings. The number of aliphatic carboxylic acids is 1. The molecule has 132 valence electrons. The van der Waals surface area contributed by atoms with Crippen molar-refractivity contribution in [3.05, 3.63) is 0 Å². The Morgan fingerprint density at radius 1 is 1.09 bits per heavy atom. The van der Waals surface area contributed by atoms with Crippen LogP contribution < -0.4 is 0 Å². The molecule has 0 aromatic carbocycles. The highest BCUT2D eigenvalue weighted by Crippen LogP contribution is 2.29. The second-order valence-corrected chi connectivity index (χ2v) is 7.32. The van der Waals surface area contributed by atoms with E-state index in [4.69, 9.17) is 5.11 Å². The van der Waals surface area contributed by atoms with Crippen molar-refractivity contribution in [1.82, 2.24) is 9.80 Å². The minimum absolute atomic E-state index is 0.0833. The van der Waals surface area contributed by atoms with Gasteiger partial charge in [-0.1, -0.05) is 25.7 Å². The third kappa shape index (κ3) is 6.13. The molecule has 0 aromatic heterocycles. The van der Waals surface area contributed by atoms with E-state index in [9.17, 15) is 9.59 Å². The molecule has 1 heterocycles. The van der Waals surface area contributed by atoms with Crippen LogP contribution in [0.25, 0.3) is 0 Å². The summed E-state index contributed by atoms with van der Waals surface area (Å²) in [5, 5.41) is 8.91. The number of carboxylic acids is 1. The lowest BCUT2D eigenvalue weighted by molar-refractivity contribution is -0.138. The Balaban J connectivity index is 1.69. The predicted molar refractivity (Wildman–Crippen MR) is 90.3 cm³/mol. The second kappa shape index (κ2) is 9.26. The Hall–Kier alpha value is -1.10. The number of carbonyl (C=O) groups excluding carboxylic acids is 1. The highest BCUT2D eigenvalue weighted by Gasteiger charge is 2.24. The number of likely N-dealkylation sites (N-methyl/N-ethyl adjacent to an activating group) is 1. The first-order valence-electron chi connectivity index (χ1n) is 9.26. The Labute approximate surface area is 140 Å². The quantitative estimate of drug-likeness (QED) is 0.782. The second-order valence-electron chi connectivity index (χ2n) is 7.32. The average Bonchev–Trinajstić information content (AvgIpc) is 2.88. The van der Waals surface area contributed by atoms with E-state index >= 15 is 0 Å². The van der Waals surface area contributed by atoms with Crippen LogP contribution in [-0.4, -0.2) is 59.5 Å². The van der Waals surface area contributed by atoms with Crippen LogP contribution in [0.5, 0.6) is 0 Å². The molecule has 0 bridgehead atoms. The molecule has 1 unspecified atom stereocenters. The van der Waals surface area contributed by atoms with Gasteiger partial charge in [-0.25, -0.2) is 0 Å². The topological polar surface area (TPSA) is 60.9 Å². The Bertz CT molecular complexity index is 394. The Morgan fingerprint density at radius 3 is 2.52 bits per heavy atom. The molecule has 0 spiro atoms. The van der Waals surface area contributed by atoms with Crippen LogP contribution >= 0.6 is 0 Å². The lowest BCUT2D eigenvalue weighted by atomic mass is 10.0. The molecule has 2 rings (SSSR count). The number of hydrogen-bond donors (Lipinski definition) is 1. The van der Waals surface area contributed by atoms with Crippen molar-refractivity contribution in [1.29, 1.82) is 0 Å². The number of carboxylic acid groups (broad SMARTS) is 1. The average molecular weight is 324 g/mol. The molecule has 1 aliphatic heterocycles. The highest BCUT2D eigenvalue weighted by atomic mass is 16.4.